The predicted octanol–water partition coefficient (Wildman–Crippen LogP) is 2.26. The van der Waals surface area contributed by atoms with Gasteiger partial charge in [0.25, 0.3) is 5.91 Å². The van der Waals surface area contributed by atoms with E-state index < -0.39 is 0 Å². The standard InChI is InChI=1S/C15H18N2O2/c1-10-11(2)17(8-7-16-10)15(18)14-9-12-5-3-4-6-13(12)19-14/h3-6,9-11,16H,7-8H2,1-2H3. The summed E-state index contributed by atoms with van der Waals surface area (Å²) in [5.74, 6) is 0.416. The fraction of sp³-hybridized carbons (Fsp3) is 0.400. The summed E-state index contributed by atoms with van der Waals surface area (Å²) in [6, 6.07) is 10.0. The summed E-state index contributed by atoms with van der Waals surface area (Å²) in [6.45, 7) is 5.72. The van der Waals surface area contributed by atoms with Gasteiger partial charge in [-0.15, -0.1) is 0 Å². The zero-order valence-electron chi connectivity index (χ0n) is 11.2. The summed E-state index contributed by atoms with van der Waals surface area (Å²) < 4.78 is 5.66. The summed E-state index contributed by atoms with van der Waals surface area (Å²) >= 11 is 0. The second kappa shape index (κ2) is 4.70. The molecule has 0 radical (unpaired) electrons. The van der Waals surface area contributed by atoms with Crippen molar-refractivity contribution in [2.75, 3.05) is 13.1 Å². The third-order valence-corrected chi connectivity index (χ3v) is 3.93. The van der Waals surface area contributed by atoms with Crippen LogP contribution in [0.3, 0.4) is 0 Å². The first-order valence-electron chi connectivity index (χ1n) is 6.70. The maximum Gasteiger partial charge on any atom is 0.289 e. The number of furan rings is 1. The fourth-order valence-corrected chi connectivity index (χ4v) is 2.57. The summed E-state index contributed by atoms with van der Waals surface area (Å²) in [4.78, 5) is 14.4. The Bertz CT molecular complexity index is 572. The number of hydrogen-bond acceptors (Lipinski definition) is 3. The van der Waals surface area contributed by atoms with Crippen LogP contribution in [0.4, 0.5) is 0 Å². The van der Waals surface area contributed by atoms with Crippen LogP contribution in [0.25, 0.3) is 11.0 Å². The van der Waals surface area contributed by atoms with Crippen LogP contribution in [0.1, 0.15) is 24.4 Å². The molecule has 100 valence electrons. The normalized spacial score (nSPS) is 23.8. The molecule has 2 aromatic rings. The van der Waals surface area contributed by atoms with Gasteiger partial charge in [0.05, 0.1) is 0 Å². The van der Waals surface area contributed by atoms with Gasteiger partial charge in [-0.1, -0.05) is 18.2 Å². The van der Waals surface area contributed by atoms with E-state index in [0.717, 1.165) is 24.1 Å². The van der Waals surface area contributed by atoms with Gasteiger partial charge in [0, 0.05) is 30.6 Å². The second-order valence-corrected chi connectivity index (χ2v) is 5.13. The number of benzene rings is 1. The molecular weight excluding hydrogens is 240 g/mol. The Morgan fingerprint density at radius 1 is 1.37 bits per heavy atom. The molecule has 4 nitrogen and oxygen atoms in total. The van der Waals surface area contributed by atoms with Crippen LogP contribution in [0, 0.1) is 0 Å². The second-order valence-electron chi connectivity index (χ2n) is 5.13. The first-order valence-corrected chi connectivity index (χ1v) is 6.70. The van der Waals surface area contributed by atoms with E-state index in [9.17, 15) is 4.79 Å². The van der Waals surface area contributed by atoms with Gasteiger partial charge in [0.2, 0.25) is 0 Å². The molecule has 1 aliphatic rings. The number of para-hydroxylation sites is 1. The van der Waals surface area contributed by atoms with E-state index in [1.54, 1.807) is 0 Å². The average Bonchev–Trinajstić information content (AvgIpc) is 2.85. The lowest BCUT2D eigenvalue weighted by Gasteiger charge is -2.38. The van der Waals surface area contributed by atoms with Crippen LogP contribution in [-0.2, 0) is 0 Å². The Balaban J connectivity index is 1.90. The van der Waals surface area contributed by atoms with E-state index in [4.69, 9.17) is 4.42 Å². The van der Waals surface area contributed by atoms with Crippen LogP contribution in [0.5, 0.6) is 0 Å². The molecule has 4 heteroatoms. The minimum Gasteiger partial charge on any atom is -0.451 e. The molecule has 2 atom stereocenters. The summed E-state index contributed by atoms with van der Waals surface area (Å²) in [7, 11) is 0. The highest BCUT2D eigenvalue weighted by Gasteiger charge is 2.30. The van der Waals surface area contributed by atoms with Crippen molar-refractivity contribution in [3.8, 4) is 0 Å². The quantitative estimate of drug-likeness (QED) is 0.853. The van der Waals surface area contributed by atoms with Crippen LogP contribution < -0.4 is 5.32 Å². The number of rotatable bonds is 1. The Hall–Kier alpha value is -1.81. The third-order valence-electron chi connectivity index (χ3n) is 3.93. The maximum absolute atomic E-state index is 12.5. The van der Waals surface area contributed by atoms with Crippen molar-refractivity contribution in [1.82, 2.24) is 10.2 Å². The molecule has 2 heterocycles. The minimum absolute atomic E-state index is 0.0166. The molecule has 0 aliphatic carbocycles. The van der Waals surface area contributed by atoms with Gasteiger partial charge in [0.15, 0.2) is 5.76 Å². The van der Waals surface area contributed by atoms with Gasteiger partial charge in [-0.05, 0) is 26.0 Å². The molecule has 1 aliphatic heterocycles. The zero-order valence-corrected chi connectivity index (χ0v) is 11.2. The SMILES string of the molecule is CC1NCCN(C(=O)c2cc3ccccc3o2)C1C. The van der Waals surface area contributed by atoms with Crippen molar-refractivity contribution in [2.45, 2.75) is 25.9 Å². The van der Waals surface area contributed by atoms with Crippen LogP contribution in [0.15, 0.2) is 34.7 Å². The lowest BCUT2D eigenvalue weighted by atomic mass is 10.1. The van der Waals surface area contributed by atoms with Crippen molar-refractivity contribution in [1.29, 1.82) is 0 Å². The average molecular weight is 258 g/mol. The molecule has 0 spiro atoms. The maximum atomic E-state index is 12.5. The molecule has 1 amide bonds. The molecule has 19 heavy (non-hydrogen) atoms. The zero-order chi connectivity index (χ0) is 13.4. The number of amides is 1. The largest absolute Gasteiger partial charge is 0.451 e. The van der Waals surface area contributed by atoms with Crippen molar-refractivity contribution in [2.24, 2.45) is 0 Å². The Labute approximate surface area is 112 Å². The van der Waals surface area contributed by atoms with E-state index in [1.165, 1.54) is 0 Å². The molecule has 0 bridgehead atoms. The molecule has 1 aromatic heterocycles. The van der Waals surface area contributed by atoms with Gasteiger partial charge >= 0.3 is 0 Å². The van der Waals surface area contributed by atoms with E-state index in [2.05, 4.69) is 19.2 Å². The summed E-state index contributed by atoms with van der Waals surface area (Å²) in [5, 5.41) is 4.34. The van der Waals surface area contributed by atoms with Crippen LogP contribution in [0.2, 0.25) is 0 Å². The lowest BCUT2D eigenvalue weighted by molar-refractivity contribution is 0.0573. The van der Waals surface area contributed by atoms with Crippen LogP contribution >= 0.6 is 0 Å². The summed E-state index contributed by atoms with van der Waals surface area (Å²) in [6.07, 6.45) is 0. The van der Waals surface area contributed by atoms with Gasteiger partial charge in [-0.2, -0.15) is 0 Å². The number of piperazine rings is 1. The van der Waals surface area contributed by atoms with Gasteiger partial charge in [0.1, 0.15) is 5.58 Å². The molecule has 1 N–H and O–H groups in total. The molecule has 1 aromatic carbocycles. The van der Waals surface area contributed by atoms with Crippen LogP contribution in [-0.4, -0.2) is 36.0 Å². The molecule has 2 unspecified atom stereocenters. The number of nitrogens with zero attached hydrogens (tertiary/aromatic N) is 1. The molecule has 0 saturated carbocycles. The molecule has 3 rings (SSSR count). The fourth-order valence-electron chi connectivity index (χ4n) is 2.57. The Morgan fingerprint density at radius 3 is 2.95 bits per heavy atom. The van der Waals surface area contributed by atoms with Gasteiger partial charge in [-0.25, -0.2) is 0 Å². The molecule has 1 saturated heterocycles. The number of nitrogens with one attached hydrogen (secondary N) is 1. The first kappa shape index (κ1) is 12.2. The van der Waals surface area contributed by atoms with E-state index in [1.807, 2.05) is 35.2 Å². The van der Waals surface area contributed by atoms with E-state index in [0.29, 0.717) is 11.8 Å². The molecular formula is C15H18N2O2. The highest BCUT2D eigenvalue weighted by Crippen LogP contribution is 2.21. The number of hydrogen-bond donors (Lipinski definition) is 1. The van der Waals surface area contributed by atoms with Crippen molar-refractivity contribution < 1.29 is 9.21 Å². The minimum atomic E-state index is -0.0166. The number of fused-ring (bicyclic) bond motifs is 1. The van der Waals surface area contributed by atoms with Crippen molar-refractivity contribution in [3.63, 3.8) is 0 Å². The highest BCUT2D eigenvalue weighted by atomic mass is 16.3. The van der Waals surface area contributed by atoms with E-state index in [-0.39, 0.29) is 11.9 Å². The monoisotopic (exact) mass is 258 g/mol. The third kappa shape index (κ3) is 2.12. The summed E-state index contributed by atoms with van der Waals surface area (Å²) in [5.41, 5.74) is 0.765. The predicted molar refractivity (Wildman–Crippen MR) is 74.2 cm³/mol. The van der Waals surface area contributed by atoms with Gasteiger partial charge in [-0.3, -0.25) is 4.79 Å². The number of carbonyl (C=O) groups is 1. The van der Waals surface area contributed by atoms with Crippen molar-refractivity contribution >= 4 is 16.9 Å². The Kier molecular flexibility index (Phi) is 3.03. The topological polar surface area (TPSA) is 45.5 Å². The number of carbonyl (C=O) groups excluding carboxylic acids is 1. The highest BCUT2D eigenvalue weighted by molar-refractivity contribution is 5.96. The van der Waals surface area contributed by atoms with E-state index >= 15 is 0 Å². The van der Waals surface area contributed by atoms with Crippen molar-refractivity contribution in [3.05, 3.63) is 36.1 Å². The smallest absolute Gasteiger partial charge is 0.289 e. The van der Waals surface area contributed by atoms with Gasteiger partial charge < -0.3 is 14.6 Å². The molecule has 1 fully saturated rings. The first-order chi connectivity index (χ1) is 9.16. The Morgan fingerprint density at radius 2 is 2.16 bits per heavy atom. The lowest BCUT2D eigenvalue weighted by Crippen LogP contribution is -2.57.